The monoisotopic (exact) mass is 232 g/mol. The van der Waals surface area contributed by atoms with E-state index in [1.165, 1.54) is 0 Å². The molecule has 1 saturated heterocycles. The van der Waals surface area contributed by atoms with Crippen molar-refractivity contribution in [3.05, 3.63) is 29.6 Å². The Bertz CT molecular complexity index is 391. The summed E-state index contributed by atoms with van der Waals surface area (Å²) in [6, 6.07) is 3.81. The van der Waals surface area contributed by atoms with Gasteiger partial charge in [-0.25, -0.2) is 0 Å². The summed E-state index contributed by atoms with van der Waals surface area (Å²) >= 11 is 0. The first-order valence-electron chi connectivity index (χ1n) is 6.36. The Morgan fingerprint density at radius 2 is 2.35 bits per heavy atom. The van der Waals surface area contributed by atoms with Gasteiger partial charge in [0.05, 0.1) is 0 Å². The molecule has 17 heavy (non-hydrogen) atoms. The van der Waals surface area contributed by atoms with Crippen molar-refractivity contribution in [1.29, 1.82) is 0 Å². The van der Waals surface area contributed by atoms with Gasteiger partial charge >= 0.3 is 0 Å². The summed E-state index contributed by atoms with van der Waals surface area (Å²) in [7, 11) is 0. The van der Waals surface area contributed by atoms with Crippen LogP contribution >= 0.6 is 0 Å². The van der Waals surface area contributed by atoms with E-state index in [-0.39, 0.29) is 11.2 Å². The van der Waals surface area contributed by atoms with Crippen molar-refractivity contribution < 1.29 is 4.79 Å². The molecule has 1 aliphatic heterocycles. The zero-order chi connectivity index (χ0) is 12.3. The van der Waals surface area contributed by atoms with Crippen LogP contribution in [0.15, 0.2) is 18.3 Å². The number of aryl methyl sites for hydroxylation is 1. The minimum atomic E-state index is -0.213. The number of hydrogen-bond acceptors (Lipinski definition) is 3. The predicted molar refractivity (Wildman–Crippen MR) is 68.1 cm³/mol. The average Bonchev–Trinajstić information content (AvgIpc) is 2.39. The fraction of sp³-hybridized carbons (Fsp3) is 0.571. The SMILES string of the molecule is CCC1(C(=O)c2ccc(C)nc2)CCCNC1. The maximum Gasteiger partial charge on any atom is 0.171 e. The number of piperidine rings is 1. The molecule has 0 aliphatic carbocycles. The second-order valence-electron chi connectivity index (χ2n) is 4.93. The molecular weight excluding hydrogens is 212 g/mol. The van der Waals surface area contributed by atoms with Gasteiger partial charge in [-0.2, -0.15) is 0 Å². The Labute approximate surface area is 103 Å². The zero-order valence-corrected chi connectivity index (χ0v) is 10.6. The van der Waals surface area contributed by atoms with Gasteiger partial charge in [0.1, 0.15) is 0 Å². The Morgan fingerprint density at radius 3 is 2.88 bits per heavy atom. The van der Waals surface area contributed by atoms with Gasteiger partial charge in [0, 0.05) is 29.4 Å². The Morgan fingerprint density at radius 1 is 1.53 bits per heavy atom. The molecular formula is C14H20N2O. The number of pyridine rings is 1. The summed E-state index contributed by atoms with van der Waals surface area (Å²) in [5, 5.41) is 3.35. The molecule has 1 atom stereocenters. The highest BCUT2D eigenvalue weighted by molar-refractivity contribution is 6.00. The van der Waals surface area contributed by atoms with Crippen molar-refractivity contribution >= 4 is 5.78 Å². The maximum absolute atomic E-state index is 12.6. The molecule has 1 unspecified atom stereocenters. The summed E-state index contributed by atoms with van der Waals surface area (Å²) in [4.78, 5) is 16.8. The second-order valence-corrected chi connectivity index (χ2v) is 4.93. The minimum absolute atomic E-state index is 0.213. The average molecular weight is 232 g/mol. The van der Waals surface area contributed by atoms with Crippen LogP contribution in [0.1, 0.15) is 42.2 Å². The van der Waals surface area contributed by atoms with Gasteiger partial charge in [0.25, 0.3) is 0 Å². The molecule has 0 spiro atoms. The molecule has 3 nitrogen and oxygen atoms in total. The molecule has 1 aromatic rings. The third-order valence-electron chi connectivity index (χ3n) is 3.80. The maximum atomic E-state index is 12.6. The van der Waals surface area contributed by atoms with Crippen LogP contribution in [0.2, 0.25) is 0 Å². The third kappa shape index (κ3) is 2.39. The van der Waals surface area contributed by atoms with Crippen molar-refractivity contribution in [2.24, 2.45) is 5.41 Å². The fourth-order valence-corrected chi connectivity index (χ4v) is 2.53. The molecule has 1 aliphatic rings. The molecule has 0 amide bonds. The highest BCUT2D eigenvalue weighted by Gasteiger charge is 2.38. The molecule has 1 N–H and O–H groups in total. The van der Waals surface area contributed by atoms with Gasteiger partial charge in [-0.15, -0.1) is 0 Å². The van der Waals surface area contributed by atoms with Gasteiger partial charge in [-0.1, -0.05) is 6.92 Å². The van der Waals surface area contributed by atoms with E-state index in [0.717, 1.165) is 43.6 Å². The number of Topliss-reactive ketones (excluding diaryl/α,β-unsaturated/α-hetero) is 1. The molecule has 0 radical (unpaired) electrons. The van der Waals surface area contributed by atoms with Crippen LogP contribution in [0.4, 0.5) is 0 Å². The number of carbonyl (C=O) groups is 1. The quantitative estimate of drug-likeness (QED) is 0.813. The van der Waals surface area contributed by atoms with Gasteiger partial charge in [0.15, 0.2) is 5.78 Å². The molecule has 2 heterocycles. The van der Waals surface area contributed by atoms with Gasteiger partial charge in [-0.3, -0.25) is 9.78 Å². The molecule has 3 heteroatoms. The van der Waals surface area contributed by atoms with E-state index in [1.54, 1.807) is 6.20 Å². The van der Waals surface area contributed by atoms with Gasteiger partial charge in [0.2, 0.25) is 0 Å². The first-order chi connectivity index (χ1) is 8.18. The van der Waals surface area contributed by atoms with Crippen molar-refractivity contribution in [3.63, 3.8) is 0 Å². The Hall–Kier alpha value is -1.22. The number of rotatable bonds is 3. The van der Waals surface area contributed by atoms with E-state index in [0.29, 0.717) is 0 Å². The van der Waals surface area contributed by atoms with E-state index in [4.69, 9.17) is 0 Å². The lowest BCUT2D eigenvalue weighted by Crippen LogP contribution is -2.45. The van der Waals surface area contributed by atoms with Crippen LogP contribution < -0.4 is 5.32 Å². The summed E-state index contributed by atoms with van der Waals surface area (Å²) in [6.07, 6.45) is 4.68. The van der Waals surface area contributed by atoms with Crippen molar-refractivity contribution in [3.8, 4) is 0 Å². The normalized spacial score (nSPS) is 24.6. The number of carbonyl (C=O) groups excluding carboxylic acids is 1. The van der Waals surface area contributed by atoms with E-state index >= 15 is 0 Å². The lowest BCUT2D eigenvalue weighted by Gasteiger charge is -2.35. The van der Waals surface area contributed by atoms with Gasteiger partial charge < -0.3 is 5.32 Å². The highest BCUT2D eigenvalue weighted by Crippen LogP contribution is 2.33. The zero-order valence-electron chi connectivity index (χ0n) is 10.6. The standard InChI is InChI=1S/C14H20N2O/c1-3-14(7-4-8-15-10-14)13(17)12-6-5-11(2)16-9-12/h5-6,9,15H,3-4,7-8,10H2,1-2H3. The Kier molecular flexibility index (Phi) is 3.57. The number of nitrogens with one attached hydrogen (secondary N) is 1. The molecule has 2 rings (SSSR count). The van der Waals surface area contributed by atoms with E-state index in [9.17, 15) is 4.79 Å². The first-order valence-corrected chi connectivity index (χ1v) is 6.36. The molecule has 0 saturated carbocycles. The fourth-order valence-electron chi connectivity index (χ4n) is 2.53. The summed E-state index contributed by atoms with van der Waals surface area (Å²) < 4.78 is 0. The predicted octanol–water partition coefficient (Wildman–Crippen LogP) is 2.35. The second kappa shape index (κ2) is 4.96. The van der Waals surface area contributed by atoms with Crippen LogP contribution in [0, 0.1) is 12.3 Å². The molecule has 0 aromatic carbocycles. The van der Waals surface area contributed by atoms with E-state index < -0.39 is 0 Å². The smallest absolute Gasteiger partial charge is 0.171 e. The minimum Gasteiger partial charge on any atom is -0.316 e. The third-order valence-corrected chi connectivity index (χ3v) is 3.80. The van der Waals surface area contributed by atoms with Crippen molar-refractivity contribution in [2.75, 3.05) is 13.1 Å². The number of ketones is 1. The van der Waals surface area contributed by atoms with Crippen molar-refractivity contribution in [2.45, 2.75) is 33.1 Å². The van der Waals surface area contributed by atoms with Crippen LogP contribution in [0.3, 0.4) is 0 Å². The number of hydrogen-bond donors (Lipinski definition) is 1. The summed E-state index contributed by atoms with van der Waals surface area (Å²) in [5.41, 5.74) is 1.49. The lowest BCUT2D eigenvalue weighted by molar-refractivity contribution is 0.0730. The molecule has 1 fully saturated rings. The van der Waals surface area contributed by atoms with Crippen LogP contribution in [-0.2, 0) is 0 Å². The van der Waals surface area contributed by atoms with E-state index in [2.05, 4.69) is 17.2 Å². The first kappa shape index (κ1) is 12.2. The lowest BCUT2D eigenvalue weighted by atomic mass is 9.73. The molecule has 0 bridgehead atoms. The number of aromatic nitrogens is 1. The van der Waals surface area contributed by atoms with Crippen LogP contribution in [0.5, 0.6) is 0 Å². The topological polar surface area (TPSA) is 42.0 Å². The highest BCUT2D eigenvalue weighted by atomic mass is 16.1. The summed E-state index contributed by atoms with van der Waals surface area (Å²) in [5.74, 6) is 0.250. The molecule has 1 aromatic heterocycles. The van der Waals surface area contributed by atoms with Crippen LogP contribution in [-0.4, -0.2) is 23.9 Å². The van der Waals surface area contributed by atoms with E-state index in [1.807, 2.05) is 19.1 Å². The molecule has 92 valence electrons. The summed E-state index contributed by atoms with van der Waals surface area (Å²) in [6.45, 7) is 5.87. The number of nitrogens with zero attached hydrogens (tertiary/aromatic N) is 1. The largest absolute Gasteiger partial charge is 0.316 e. The Balaban J connectivity index is 2.25. The van der Waals surface area contributed by atoms with Gasteiger partial charge in [-0.05, 0) is 44.9 Å². The van der Waals surface area contributed by atoms with Crippen LogP contribution in [0.25, 0.3) is 0 Å². The van der Waals surface area contributed by atoms with Crippen molar-refractivity contribution in [1.82, 2.24) is 10.3 Å².